The highest BCUT2D eigenvalue weighted by atomic mass is 32.1. The van der Waals surface area contributed by atoms with Crippen LogP contribution in [0.2, 0.25) is 0 Å². The minimum Gasteiger partial charge on any atom is -0.329 e. The summed E-state index contributed by atoms with van der Waals surface area (Å²) in [6.45, 7) is 6.14. The first-order chi connectivity index (χ1) is 11.6. The van der Waals surface area contributed by atoms with Crippen LogP contribution in [-0.2, 0) is 0 Å². The average molecular weight is 355 g/mol. The van der Waals surface area contributed by atoms with Gasteiger partial charge < -0.3 is 4.57 Å². The van der Waals surface area contributed by atoms with Crippen molar-refractivity contribution in [3.05, 3.63) is 40.6 Å². The Balaban J connectivity index is 0.00000100. The number of alkyl halides is 2. The number of aryl methyl sites for hydroxylation is 1. The molecule has 0 N–H and O–H groups in total. The van der Waals surface area contributed by atoms with Gasteiger partial charge in [0.2, 0.25) is 5.92 Å². The van der Waals surface area contributed by atoms with E-state index < -0.39 is 5.92 Å². The van der Waals surface area contributed by atoms with Gasteiger partial charge in [-0.3, -0.25) is 0 Å². The number of halogens is 2. The molecule has 0 radical (unpaired) electrons. The molecule has 5 heteroatoms. The second-order valence-corrected chi connectivity index (χ2v) is 7.32. The first-order valence-electron chi connectivity index (χ1n) is 8.94. The van der Waals surface area contributed by atoms with Gasteiger partial charge in [0.05, 0.1) is 12.4 Å². The van der Waals surface area contributed by atoms with Crippen LogP contribution in [0.5, 0.6) is 0 Å². The molecule has 0 spiro atoms. The van der Waals surface area contributed by atoms with Crippen molar-refractivity contribution in [3.63, 3.8) is 0 Å². The lowest BCUT2D eigenvalue weighted by Gasteiger charge is -2.29. The van der Waals surface area contributed by atoms with Gasteiger partial charge in [0.15, 0.2) is 0 Å². The molecule has 1 fully saturated rings. The summed E-state index contributed by atoms with van der Waals surface area (Å²) in [5, 5.41) is 2.12. The molecule has 0 bridgehead atoms. The summed E-state index contributed by atoms with van der Waals surface area (Å²) in [6, 6.07) is 2.43. The maximum absolute atomic E-state index is 13.3. The van der Waals surface area contributed by atoms with Crippen LogP contribution in [0.4, 0.5) is 8.78 Å². The van der Waals surface area contributed by atoms with E-state index in [9.17, 15) is 8.78 Å². The van der Waals surface area contributed by atoms with E-state index in [1.807, 2.05) is 26.4 Å². The van der Waals surface area contributed by atoms with E-state index in [0.717, 1.165) is 12.8 Å². The third-order valence-electron chi connectivity index (χ3n) is 4.77. The first-order valence-corrected chi connectivity index (χ1v) is 9.82. The summed E-state index contributed by atoms with van der Waals surface area (Å²) in [5.74, 6) is -1.99. The second-order valence-electron chi connectivity index (χ2n) is 6.37. The van der Waals surface area contributed by atoms with Crippen molar-refractivity contribution in [1.29, 1.82) is 0 Å². The highest BCUT2D eigenvalue weighted by Crippen LogP contribution is 2.40. The van der Waals surface area contributed by atoms with E-state index in [1.165, 1.54) is 10.4 Å². The van der Waals surface area contributed by atoms with Gasteiger partial charge in [0.25, 0.3) is 0 Å². The summed E-state index contributed by atoms with van der Waals surface area (Å²) >= 11 is 1.77. The van der Waals surface area contributed by atoms with Crippen molar-refractivity contribution in [2.24, 2.45) is 5.92 Å². The van der Waals surface area contributed by atoms with Crippen LogP contribution in [0.15, 0.2) is 30.2 Å². The van der Waals surface area contributed by atoms with Crippen LogP contribution in [-0.4, -0.2) is 15.5 Å². The molecule has 0 saturated heterocycles. The van der Waals surface area contributed by atoms with Crippen LogP contribution in [0, 0.1) is 12.8 Å². The topological polar surface area (TPSA) is 17.8 Å². The van der Waals surface area contributed by atoms with Gasteiger partial charge in [0, 0.05) is 30.1 Å². The second kappa shape index (κ2) is 8.75. The number of rotatable bonds is 5. The van der Waals surface area contributed by atoms with Gasteiger partial charge in [0.1, 0.15) is 0 Å². The first kappa shape index (κ1) is 19.1. The number of hydrogen-bond acceptors (Lipinski definition) is 2. The maximum atomic E-state index is 13.3. The molecule has 1 atom stereocenters. The van der Waals surface area contributed by atoms with Crippen LogP contribution < -0.4 is 0 Å². The fraction of sp³-hybridized carbons (Fsp3) is 0.632. The van der Waals surface area contributed by atoms with Crippen molar-refractivity contribution in [2.45, 2.75) is 71.3 Å². The number of nitrogens with zero attached hydrogens (tertiary/aromatic N) is 2. The number of thiophene rings is 1. The third-order valence-corrected chi connectivity index (χ3v) is 5.89. The number of imidazole rings is 1. The molecule has 2 heterocycles. The fourth-order valence-electron chi connectivity index (χ4n) is 3.38. The Labute approximate surface area is 147 Å². The van der Waals surface area contributed by atoms with E-state index in [-0.39, 0.29) is 18.9 Å². The van der Waals surface area contributed by atoms with E-state index in [0.29, 0.717) is 18.8 Å². The lowest BCUT2D eigenvalue weighted by molar-refractivity contribution is -0.0468. The number of aromatic nitrogens is 2. The number of hydrogen-bond donors (Lipinski definition) is 0. The zero-order valence-electron chi connectivity index (χ0n) is 14.8. The van der Waals surface area contributed by atoms with Gasteiger partial charge in [-0.05, 0) is 55.5 Å². The van der Waals surface area contributed by atoms with Crippen LogP contribution in [0.25, 0.3) is 0 Å². The lowest BCUT2D eigenvalue weighted by atomic mass is 9.83. The minimum absolute atomic E-state index is 0.0610. The van der Waals surface area contributed by atoms with Gasteiger partial charge in [-0.15, -0.1) is 11.3 Å². The molecule has 1 unspecified atom stereocenters. The molecule has 0 amide bonds. The summed E-state index contributed by atoms with van der Waals surface area (Å²) in [6.07, 6.45) is 9.11. The monoisotopic (exact) mass is 354 g/mol. The van der Waals surface area contributed by atoms with Gasteiger partial charge in [-0.25, -0.2) is 13.8 Å². The quantitative estimate of drug-likeness (QED) is 0.601. The van der Waals surface area contributed by atoms with Crippen LogP contribution in [0.3, 0.4) is 0 Å². The Hall–Kier alpha value is -1.23. The molecule has 0 aromatic carbocycles. The minimum atomic E-state index is -2.43. The molecule has 2 aromatic heterocycles. The Bertz CT molecular complexity index is 582. The molecule has 0 aliphatic heterocycles. The molecular weight excluding hydrogens is 326 g/mol. The van der Waals surface area contributed by atoms with E-state index in [1.54, 1.807) is 17.5 Å². The predicted molar refractivity (Wildman–Crippen MR) is 96.9 cm³/mol. The normalized spacial score (nSPS) is 18.7. The maximum Gasteiger partial charge on any atom is 0.248 e. The molecule has 1 aliphatic rings. The molecule has 2 aromatic rings. The molecular formula is C19H28F2N2S. The van der Waals surface area contributed by atoms with Crippen molar-refractivity contribution >= 4 is 11.3 Å². The molecule has 3 rings (SSSR count). The SMILES string of the molecule is CC.Cc1ccsc1C(CCC1CCC(F)(F)CC1)n1ccnc1. The lowest BCUT2D eigenvalue weighted by Crippen LogP contribution is -2.25. The zero-order chi connectivity index (χ0) is 17.6. The van der Waals surface area contributed by atoms with E-state index in [4.69, 9.17) is 0 Å². The zero-order valence-corrected chi connectivity index (χ0v) is 15.7. The highest BCUT2D eigenvalue weighted by Gasteiger charge is 2.35. The summed E-state index contributed by atoms with van der Waals surface area (Å²) in [5.41, 5.74) is 1.30. The van der Waals surface area contributed by atoms with Gasteiger partial charge >= 0.3 is 0 Å². The summed E-state index contributed by atoms with van der Waals surface area (Å²) in [7, 11) is 0. The van der Waals surface area contributed by atoms with Crippen molar-refractivity contribution in [3.8, 4) is 0 Å². The largest absolute Gasteiger partial charge is 0.329 e. The van der Waals surface area contributed by atoms with Gasteiger partial charge in [-0.2, -0.15) is 0 Å². The fourth-order valence-corrected chi connectivity index (χ4v) is 4.45. The Morgan fingerprint density at radius 2 is 2.04 bits per heavy atom. The van der Waals surface area contributed by atoms with Crippen molar-refractivity contribution in [1.82, 2.24) is 9.55 Å². The molecule has 24 heavy (non-hydrogen) atoms. The summed E-state index contributed by atoms with van der Waals surface area (Å²) < 4.78 is 28.7. The highest BCUT2D eigenvalue weighted by molar-refractivity contribution is 7.10. The Morgan fingerprint density at radius 1 is 1.33 bits per heavy atom. The third kappa shape index (κ3) is 4.88. The Kier molecular flexibility index (Phi) is 6.96. The van der Waals surface area contributed by atoms with E-state index >= 15 is 0 Å². The molecule has 1 saturated carbocycles. The van der Waals surface area contributed by atoms with Crippen molar-refractivity contribution < 1.29 is 8.78 Å². The predicted octanol–water partition coefficient (Wildman–Crippen LogP) is 6.47. The standard InChI is InChI=1S/C17H22F2N2S.C2H6/c1-13-6-11-22-16(13)15(21-10-9-20-12-21)3-2-14-4-7-17(18,19)8-5-14;1-2/h6,9-12,14-15H,2-5,7-8H2,1H3;1-2H3. The van der Waals surface area contributed by atoms with Gasteiger partial charge in [-0.1, -0.05) is 13.8 Å². The Morgan fingerprint density at radius 3 is 2.58 bits per heavy atom. The van der Waals surface area contributed by atoms with Crippen molar-refractivity contribution in [2.75, 3.05) is 0 Å². The molecule has 2 nitrogen and oxygen atoms in total. The van der Waals surface area contributed by atoms with Crippen LogP contribution in [0.1, 0.15) is 68.9 Å². The molecule has 1 aliphatic carbocycles. The van der Waals surface area contributed by atoms with Crippen LogP contribution >= 0.6 is 11.3 Å². The molecule has 134 valence electrons. The summed E-state index contributed by atoms with van der Waals surface area (Å²) in [4.78, 5) is 5.53. The smallest absolute Gasteiger partial charge is 0.248 e. The van der Waals surface area contributed by atoms with E-state index in [2.05, 4.69) is 27.9 Å². The average Bonchev–Trinajstić information content (AvgIpc) is 3.24.